The summed E-state index contributed by atoms with van der Waals surface area (Å²) in [5.41, 5.74) is 1.05. The molecule has 2 N–H and O–H groups in total. The molecule has 0 spiro atoms. The Morgan fingerprint density at radius 1 is 1.43 bits per heavy atom. The maximum Gasteiger partial charge on any atom is 0.250 e. The molecule has 1 heterocycles. The standard InChI is InChI=1S/C16H22BrN3O3/c1-20(11-12-4-2-3-5-13(12)17)15(21)6-7-19-16(22)14-10-18-8-9-23-14/h2-5,14,18H,6-11H2,1H3,(H,19,22). The van der Waals surface area contributed by atoms with E-state index >= 15 is 0 Å². The van der Waals surface area contributed by atoms with Gasteiger partial charge in [0, 0.05) is 44.1 Å². The van der Waals surface area contributed by atoms with Gasteiger partial charge in [0.1, 0.15) is 6.10 Å². The fourth-order valence-electron chi connectivity index (χ4n) is 2.30. The highest BCUT2D eigenvalue weighted by Gasteiger charge is 2.21. The maximum atomic E-state index is 12.1. The summed E-state index contributed by atoms with van der Waals surface area (Å²) in [6.45, 7) is 2.66. The summed E-state index contributed by atoms with van der Waals surface area (Å²) < 4.78 is 6.34. The number of benzene rings is 1. The lowest BCUT2D eigenvalue weighted by Gasteiger charge is -2.23. The van der Waals surface area contributed by atoms with Crippen LogP contribution in [-0.2, 0) is 20.9 Å². The van der Waals surface area contributed by atoms with E-state index in [1.165, 1.54) is 0 Å². The van der Waals surface area contributed by atoms with Crippen LogP contribution in [0.25, 0.3) is 0 Å². The van der Waals surface area contributed by atoms with Crippen molar-refractivity contribution in [1.82, 2.24) is 15.5 Å². The van der Waals surface area contributed by atoms with E-state index in [-0.39, 0.29) is 18.2 Å². The summed E-state index contributed by atoms with van der Waals surface area (Å²) in [4.78, 5) is 25.7. The van der Waals surface area contributed by atoms with Gasteiger partial charge in [-0.25, -0.2) is 0 Å². The van der Waals surface area contributed by atoms with Crippen LogP contribution in [0.5, 0.6) is 0 Å². The number of rotatable bonds is 6. The molecule has 1 atom stereocenters. The van der Waals surface area contributed by atoms with E-state index in [9.17, 15) is 9.59 Å². The molecule has 1 aromatic rings. The molecule has 0 bridgehead atoms. The topological polar surface area (TPSA) is 70.7 Å². The molecule has 1 aliphatic rings. The normalized spacial score (nSPS) is 17.6. The third-order valence-corrected chi connectivity index (χ3v) is 4.42. The highest BCUT2D eigenvalue weighted by molar-refractivity contribution is 9.10. The summed E-state index contributed by atoms with van der Waals surface area (Å²) >= 11 is 3.47. The minimum Gasteiger partial charge on any atom is -0.366 e. The molecule has 0 aliphatic carbocycles. The van der Waals surface area contributed by atoms with E-state index in [1.807, 2.05) is 24.3 Å². The fraction of sp³-hybridized carbons (Fsp3) is 0.500. The van der Waals surface area contributed by atoms with Crippen LogP contribution >= 0.6 is 15.9 Å². The van der Waals surface area contributed by atoms with E-state index in [2.05, 4.69) is 26.6 Å². The van der Waals surface area contributed by atoms with Gasteiger partial charge < -0.3 is 20.3 Å². The van der Waals surface area contributed by atoms with Gasteiger partial charge in [0.05, 0.1) is 6.61 Å². The van der Waals surface area contributed by atoms with Crippen molar-refractivity contribution in [1.29, 1.82) is 0 Å². The number of hydrogen-bond acceptors (Lipinski definition) is 4. The summed E-state index contributed by atoms with van der Waals surface area (Å²) in [7, 11) is 1.76. The number of ether oxygens (including phenoxy) is 1. The third kappa shape index (κ3) is 5.60. The van der Waals surface area contributed by atoms with Crippen molar-refractivity contribution in [3.8, 4) is 0 Å². The Labute approximate surface area is 144 Å². The highest BCUT2D eigenvalue weighted by atomic mass is 79.9. The third-order valence-electron chi connectivity index (χ3n) is 3.65. The van der Waals surface area contributed by atoms with Crippen LogP contribution in [0.15, 0.2) is 28.7 Å². The molecule has 0 aromatic heterocycles. The van der Waals surface area contributed by atoms with Gasteiger partial charge in [-0.3, -0.25) is 9.59 Å². The van der Waals surface area contributed by atoms with Crippen LogP contribution in [0.2, 0.25) is 0 Å². The molecular formula is C16H22BrN3O3. The largest absolute Gasteiger partial charge is 0.366 e. The average Bonchev–Trinajstić information content (AvgIpc) is 2.57. The number of hydrogen-bond donors (Lipinski definition) is 2. The van der Waals surface area contributed by atoms with Crippen molar-refractivity contribution in [3.63, 3.8) is 0 Å². The van der Waals surface area contributed by atoms with E-state index in [4.69, 9.17) is 4.74 Å². The Hall–Kier alpha value is -1.44. The molecule has 2 amide bonds. The molecule has 7 heteroatoms. The molecule has 1 fully saturated rings. The van der Waals surface area contributed by atoms with Crippen molar-refractivity contribution < 1.29 is 14.3 Å². The van der Waals surface area contributed by atoms with Crippen LogP contribution in [0.4, 0.5) is 0 Å². The molecule has 6 nitrogen and oxygen atoms in total. The number of amides is 2. The van der Waals surface area contributed by atoms with Crippen LogP contribution in [-0.4, -0.2) is 56.1 Å². The Balaban J connectivity index is 1.71. The molecular weight excluding hydrogens is 362 g/mol. The zero-order valence-corrected chi connectivity index (χ0v) is 14.8. The van der Waals surface area contributed by atoms with Crippen molar-refractivity contribution in [3.05, 3.63) is 34.3 Å². The minimum atomic E-state index is -0.461. The number of halogens is 1. The summed E-state index contributed by atoms with van der Waals surface area (Å²) in [5, 5.41) is 5.85. The van der Waals surface area contributed by atoms with Gasteiger partial charge in [0.2, 0.25) is 11.8 Å². The van der Waals surface area contributed by atoms with E-state index in [0.717, 1.165) is 16.6 Å². The molecule has 1 aromatic carbocycles. The average molecular weight is 384 g/mol. The lowest BCUT2D eigenvalue weighted by molar-refractivity contribution is -0.134. The molecule has 1 unspecified atom stereocenters. The number of carbonyl (C=O) groups is 2. The smallest absolute Gasteiger partial charge is 0.250 e. The van der Waals surface area contributed by atoms with Gasteiger partial charge >= 0.3 is 0 Å². The zero-order valence-electron chi connectivity index (χ0n) is 13.2. The zero-order chi connectivity index (χ0) is 16.7. The predicted octanol–water partition coefficient (Wildman–Crippen LogP) is 0.902. The van der Waals surface area contributed by atoms with Crippen molar-refractivity contribution >= 4 is 27.7 Å². The van der Waals surface area contributed by atoms with E-state index in [1.54, 1.807) is 11.9 Å². The second-order valence-electron chi connectivity index (χ2n) is 5.45. The number of morpholine rings is 1. The van der Waals surface area contributed by atoms with Gasteiger partial charge in [0.15, 0.2) is 0 Å². The van der Waals surface area contributed by atoms with Crippen LogP contribution < -0.4 is 10.6 Å². The van der Waals surface area contributed by atoms with Gasteiger partial charge in [-0.2, -0.15) is 0 Å². The van der Waals surface area contributed by atoms with Crippen molar-refractivity contribution in [2.75, 3.05) is 33.3 Å². The van der Waals surface area contributed by atoms with Crippen molar-refractivity contribution in [2.45, 2.75) is 19.1 Å². The van der Waals surface area contributed by atoms with Crippen molar-refractivity contribution in [2.24, 2.45) is 0 Å². The quantitative estimate of drug-likeness (QED) is 0.765. The van der Waals surface area contributed by atoms with E-state index < -0.39 is 6.10 Å². The SMILES string of the molecule is CN(Cc1ccccc1Br)C(=O)CCNC(=O)C1CNCCO1. The second kappa shape index (κ2) is 9.00. The highest BCUT2D eigenvalue weighted by Crippen LogP contribution is 2.17. The predicted molar refractivity (Wildman–Crippen MR) is 90.9 cm³/mol. The number of nitrogens with zero attached hydrogens (tertiary/aromatic N) is 1. The maximum absolute atomic E-state index is 12.1. The fourth-order valence-corrected chi connectivity index (χ4v) is 2.71. The minimum absolute atomic E-state index is 0.0104. The van der Waals surface area contributed by atoms with Gasteiger partial charge in [0.25, 0.3) is 0 Å². The first-order chi connectivity index (χ1) is 11.1. The molecule has 0 radical (unpaired) electrons. The number of carbonyl (C=O) groups excluding carboxylic acids is 2. The second-order valence-corrected chi connectivity index (χ2v) is 6.30. The first-order valence-electron chi connectivity index (χ1n) is 7.65. The first-order valence-corrected chi connectivity index (χ1v) is 8.44. The Morgan fingerprint density at radius 2 is 2.22 bits per heavy atom. The molecule has 0 saturated carbocycles. The summed E-state index contributed by atoms with van der Waals surface area (Å²) in [6.07, 6.45) is -0.191. The Kier molecular flexibility index (Phi) is 7.01. The van der Waals surface area contributed by atoms with Crippen LogP contribution in [0.3, 0.4) is 0 Å². The van der Waals surface area contributed by atoms with Gasteiger partial charge in [-0.05, 0) is 11.6 Å². The van der Waals surface area contributed by atoms with Gasteiger partial charge in [-0.15, -0.1) is 0 Å². The van der Waals surface area contributed by atoms with Crippen LogP contribution in [0.1, 0.15) is 12.0 Å². The molecule has 1 saturated heterocycles. The number of nitrogens with one attached hydrogen (secondary N) is 2. The lowest BCUT2D eigenvalue weighted by Crippen LogP contribution is -2.48. The monoisotopic (exact) mass is 383 g/mol. The molecule has 23 heavy (non-hydrogen) atoms. The molecule has 126 valence electrons. The van der Waals surface area contributed by atoms with E-state index in [0.29, 0.717) is 26.2 Å². The Bertz CT molecular complexity index is 547. The Morgan fingerprint density at radius 3 is 2.91 bits per heavy atom. The summed E-state index contributed by atoms with van der Waals surface area (Å²) in [6, 6.07) is 7.80. The first kappa shape index (κ1) is 17.9. The lowest BCUT2D eigenvalue weighted by atomic mass is 10.2. The molecule has 2 rings (SSSR count). The molecule has 1 aliphatic heterocycles. The summed E-state index contributed by atoms with van der Waals surface area (Å²) in [5.74, 6) is -0.179. The van der Waals surface area contributed by atoms with Crippen LogP contribution in [0, 0.1) is 0 Å². The van der Waals surface area contributed by atoms with Gasteiger partial charge in [-0.1, -0.05) is 34.1 Å².